The van der Waals surface area contributed by atoms with E-state index in [1.807, 2.05) is 0 Å². The molecule has 9 heteroatoms. The quantitative estimate of drug-likeness (QED) is 0.780. The Hall–Kier alpha value is -2.42. The largest absolute Gasteiger partial charge is 0.476 e. The van der Waals surface area contributed by atoms with Crippen molar-refractivity contribution in [1.82, 2.24) is 14.5 Å². The summed E-state index contributed by atoms with van der Waals surface area (Å²) in [5, 5.41) is 7.13. The van der Waals surface area contributed by atoms with Crippen molar-refractivity contribution < 1.29 is 18.1 Å². The third-order valence-corrected chi connectivity index (χ3v) is 7.18. The number of hydrogen-bond donors (Lipinski definition) is 2. The van der Waals surface area contributed by atoms with E-state index in [1.165, 1.54) is 6.20 Å². The summed E-state index contributed by atoms with van der Waals surface area (Å²) in [5.41, 5.74) is 3.89. The second-order valence-corrected chi connectivity index (χ2v) is 10.2. The van der Waals surface area contributed by atoms with E-state index in [4.69, 9.17) is 4.74 Å². The molecule has 2 aromatic rings. The van der Waals surface area contributed by atoms with Crippen LogP contribution in [0.3, 0.4) is 0 Å². The Balaban J connectivity index is 1.36. The lowest BCUT2D eigenvalue weighted by Crippen LogP contribution is -2.34. The SMILES string of the molecule is CC1(C)COc2c(S(=O)NC(=O)Nc3c4c(c(F)c5c3CCC5)CCC4)cnn2C1. The van der Waals surface area contributed by atoms with Crippen molar-refractivity contribution in [2.24, 2.45) is 5.41 Å². The summed E-state index contributed by atoms with van der Waals surface area (Å²) in [6, 6.07) is -0.570. The zero-order chi connectivity index (χ0) is 21.0. The van der Waals surface area contributed by atoms with Gasteiger partial charge in [0.2, 0.25) is 5.88 Å². The summed E-state index contributed by atoms with van der Waals surface area (Å²) in [6.45, 7) is 5.28. The van der Waals surface area contributed by atoms with Gasteiger partial charge < -0.3 is 10.1 Å². The molecule has 30 heavy (non-hydrogen) atoms. The molecule has 1 aromatic heterocycles. The van der Waals surface area contributed by atoms with Crippen LogP contribution in [0.1, 0.15) is 48.9 Å². The maximum absolute atomic E-state index is 14.8. The van der Waals surface area contributed by atoms with Gasteiger partial charge in [-0.05, 0) is 60.8 Å². The number of nitrogens with one attached hydrogen (secondary N) is 2. The van der Waals surface area contributed by atoms with Crippen LogP contribution in [0.2, 0.25) is 0 Å². The predicted octanol–water partition coefficient (Wildman–Crippen LogP) is 3.26. The molecule has 7 nitrogen and oxygen atoms in total. The van der Waals surface area contributed by atoms with E-state index < -0.39 is 17.0 Å². The van der Waals surface area contributed by atoms with Gasteiger partial charge in [-0.1, -0.05) is 13.8 Å². The van der Waals surface area contributed by atoms with Crippen molar-refractivity contribution in [1.29, 1.82) is 0 Å². The number of hydrogen-bond acceptors (Lipinski definition) is 4. The molecular formula is C21H25FN4O3S. The van der Waals surface area contributed by atoms with Crippen molar-refractivity contribution in [2.75, 3.05) is 11.9 Å². The van der Waals surface area contributed by atoms with E-state index in [2.05, 4.69) is 29.0 Å². The number of benzene rings is 1. The van der Waals surface area contributed by atoms with Crippen LogP contribution < -0.4 is 14.8 Å². The maximum Gasteiger partial charge on any atom is 0.331 e. The molecule has 0 fully saturated rings. The molecule has 0 radical (unpaired) electrons. The fourth-order valence-corrected chi connectivity index (χ4v) is 5.57. The van der Waals surface area contributed by atoms with Crippen LogP contribution in [0.4, 0.5) is 14.9 Å². The first-order chi connectivity index (χ1) is 14.3. The summed E-state index contributed by atoms with van der Waals surface area (Å²) in [4.78, 5) is 13.0. The average molecular weight is 433 g/mol. The minimum atomic E-state index is -1.82. The van der Waals surface area contributed by atoms with Crippen LogP contribution in [-0.2, 0) is 43.2 Å². The molecule has 2 amide bonds. The normalized spacial score (nSPS) is 19.4. The van der Waals surface area contributed by atoms with Crippen molar-refractivity contribution >= 4 is 22.7 Å². The predicted molar refractivity (Wildman–Crippen MR) is 111 cm³/mol. The van der Waals surface area contributed by atoms with Crippen LogP contribution in [0.15, 0.2) is 11.1 Å². The number of urea groups is 1. The van der Waals surface area contributed by atoms with E-state index in [0.29, 0.717) is 42.5 Å². The van der Waals surface area contributed by atoms with Gasteiger partial charge in [0, 0.05) is 11.1 Å². The minimum absolute atomic E-state index is 0.0636. The van der Waals surface area contributed by atoms with E-state index in [1.54, 1.807) is 4.68 Å². The van der Waals surface area contributed by atoms with Gasteiger partial charge >= 0.3 is 6.03 Å². The van der Waals surface area contributed by atoms with Gasteiger partial charge in [0.1, 0.15) is 10.7 Å². The molecule has 1 unspecified atom stereocenters. The van der Waals surface area contributed by atoms with Crippen LogP contribution >= 0.6 is 0 Å². The van der Waals surface area contributed by atoms with E-state index in [0.717, 1.165) is 47.9 Å². The summed E-state index contributed by atoms with van der Waals surface area (Å²) in [7, 11) is -1.82. The van der Waals surface area contributed by atoms with Crippen molar-refractivity contribution in [3.8, 4) is 5.88 Å². The fourth-order valence-electron chi connectivity index (χ4n) is 4.77. The lowest BCUT2D eigenvalue weighted by atomic mass is 9.94. The van der Waals surface area contributed by atoms with E-state index in [9.17, 15) is 13.4 Å². The second kappa shape index (κ2) is 7.08. The molecule has 1 aliphatic heterocycles. The Morgan fingerprint density at radius 1 is 1.17 bits per heavy atom. The number of halogens is 1. The van der Waals surface area contributed by atoms with Gasteiger partial charge in [0.05, 0.1) is 19.3 Å². The Morgan fingerprint density at radius 2 is 1.80 bits per heavy atom. The molecular weight excluding hydrogens is 407 g/mol. The molecule has 0 spiro atoms. The highest BCUT2D eigenvalue weighted by Crippen LogP contribution is 2.41. The monoisotopic (exact) mass is 432 g/mol. The zero-order valence-electron chi connectivity index (χ0n) is 17.1. The molecule has 0 saturated heterocycles. The number of carbonyl (C=O) groups excluding carboxylic acids is 1. The molecule has 0 bridgehead atoms. The van der Waals surface area contributed by atoms with Gasteiger partial charge in [0.15, 0.2) is 11.0 Å². The van der Waals surface area contributed by atoms with Crippen LogP contribution in [-0.4, -0.2) is 26.6 Å². The lowest BCUT2D eigenvalue weighted by molar-refractivity contribution is 0.0972. The van der Waals surface area contributed by atoms with Gasteiger partial charge in [-0.3, -0.25) is 4.72 Å². The third kappa shape index (κ3) is 3.19. The summed E-state index contributed by atoms with van der Waals surface area (Å²) in [5.74, 6) is 0.340. The summed E-state index contributed by atoms with van der Waals surface area (Å²) < 4.78 is 37.5. The smallest absolute Gasteiger partial charge is 0.331 e. The van der Waals surface area contributed by atoms with Crippen LogP contribution in [0.5, 0.6) is 5.88 Å². The fraction of sp³-hybridized carbons (Fsp3) is 0.524. The number of ether oxygens (including phenoxy) is 1. The maximum atomic E-state index is 14.8. The Labute approximate surface area is 177 Å². The second-order valence-electron chi connectivity index (χ2n) is 9.06. The topological polar surface area (TPSA) is 85.2 Å². The number of nitrogens with zero attached hydrogens (tertiary/aromatic N) is 2. The molecule has 1 aromatic carbocycles. The number of fused-ring (bicyclic) bond motifs is 3. The number of amides is 2. The van der Waals surface area contributed by atoms with Crippen molar-refractivity contribution in [2.45, 2.75) is 63.8 Å². The standard InChI is InChI=1S/C21H25FN4O3S/c1-21(2)10-26-19(29-11-21)16(9-23-26)30(28)25-20(27)24-18-14-7-3-5-12(14)17(22)13-6-4-8-15(13)18/h9H,3-8,10-11H2,1-2H3,(H2,24,25,27). The first-order valence-corrected chi connectivity index (χ1v) is 11.5. The highest BCUT2D eigenvalue weighted by molar-refractivity contribution is 7.83. The number of aromatic nitrogens is 2. The highest BCUT2D eigenvalue weighted by atomic mass is 32.2. The van der Waals surface area contributed by atoms with Crippen molar-refractivity contribution in [3.63, 3.8) is 0 Å². The van der Waals surface area contributed by atoms with E-state index in [-0.39, 0.29) is 11.2 Å². The number of rotatable bonds is 3. The molecule has 2 N–H and O–H groups in total. The summed E-state index contributed by atoms with van der Waals surface area (Å²) >= 11 is 0. The van der Waals surface area contributed by atoms with Gasteiger partial charge in [-0.15, -0.1) is 0 Å². The molecule has 5 rings (SSSR count). The van der Waals surface area contributed by atoms with Crippen LogP contribution in [0, 0.1) is 11.2 Å². The molecule has 2 heterocycles. The Morgan fingerprint density at radius 3 is 2.47 bits per heavy atom. The molecule has 2 aliphatic carbocycles. The summed E-state index contributed by atoms with van der Waals surface area (Å²) in [6.07, 6.45) is 6.14. The molecule has 1 atom stereocenters. The number of anilines is 1. The molecule has 160 valence electrons. The minimum Gasteiger partial charge on any atom is -0.476 e. The van der Waals surface area contributed by atoms with Crippen LogP contribution in [0.25, 0.3) is 0 Å². The van der Waals surface area contributed by atoms with Gasteiger partial charge in [-0.2, -0.15) is 5.10 Å². The number of carbonyl (C=O) groups is 1. The molecule has 0 saturated carbocycles. The lowest BCUT2D eigenvalue weighted by Gasteiger charge is -2.30. The first-order valence-electron chi connectivity index (χ1n) is 10.4. The first kappa shape index (κ1) is 19.5. The highest BCUT2D eigenvalue weighted by Gasteiger charge is 2.32. The van der Waals surface area contributed by atoms with E-state index >= 15 is 0 Å². The zero-order valence-corrected chi connectivity index (χ0v) is 18.0. The third-order valence-electron chi connectivity index (χ3n) is 6.13. The van der Waals surface area contributed by atoms with Crippen molar-refractivity contribution in [3.05, 3.63) is 34.3 Å². The Bertz CT molecular complexity index is 1040. The van der Waals surface area contributed by atoms with Gasteiger partial charge in [0.25, 0.3) is 0 Å². The Kier molecular flexibility index (Phi) is 4.61. The molecule has 3 aliphatic rings. The van der Waals surface area contributed by atoms with Gasteiger partial charge in [-0.25, -0.2) is 18.1 Å². The average Bonchev–Trinajstić information content (AvgIpc) is 3.42.